The highest BCUT2D eigenvalue weighted by Gasteiger charge is 2.13. The van der Waals surface area contributed by atoms with Crippen LogP contribution in [-0.4, -0.2) is 30.9 Å². The fourth-order valence-corrected chi connectivity index (χ4v) is 2.57. The van der Waals surface area contributed by atoms with E-state index in [0.717, 1.165) is 5.56 Å². The fraction of sp³-hybridized carbons (Fsp3) is 0.286. The van der Waals surface area contributed by atoms with Crippen LogP contribution in [0.25, 0.3) is 0 Å². The standard InChI is InChI=1S/C21H22ClNO5/c1-3-27-17-8-5-15(6-9-17)19(24)10-11-21(26)28-13-20(25)23-18-12-16(22)7-4-14(18)2/h4-9,12H,3,10-11,13H2,1-2H3,(H,23,25). The number of rotatable bonds is 9. The van der Waals surface area contributed by atoms with Gasteiger partial charge in [0.1, 0.15) is 5.75 Å². The Balaban J connectivity index is 1.75. The normalized spacial score (nSPS) is 10.2. The first-order chi connectivity index (χ1) is 13.4. The summed E-state index contributed by atoms with van der Waals surface area (Å²) in [5, 5.41) is 3.12. The van der Waals surface area contributed by atoms with Crippen molar-refractivity contribution in [3.05, 3.63) is 58.6 Å². The number of anilines is 1. The van der Waals surface area contributed by atoms with E-state index < -0.39 is 18.5 Å². The highest BCUT2D eigenvalue weighted by atomic mass is 35.5. The summed E-state index contributed by atoms with van der Waals surface area (Å²) in [5.74, 6) is -0.591. The molecule has 28 heavy (non-hydrogen) atoms. The molecule has 0 heterocycles. The van der Waals surface area contributed by atoms with E-state index in [1.807, 2.05) is 13.8 Å². The second-order valence-corrected chi connectivity index (χ2v) is 6.49. The first kappa shape index (κ1) is 21.4. The van der Waals surface area contributed by atoms with Gasteiger partial charge in [-0.05, 0) is 55.8 Å². The van der Waals surface area contributed by atoms with E-state index in [1.165, 1.54) is 0 Å². The number of benzene rings is 2. The Kier molecular flexibility index (Phi) is 8.02. The number of ketones is 1. The molecule has 1 N–H and O–H groups in total. The summed E-state index contributed by atoms with van der Waals surface area (Å²) >= 11 is 5.90. The molecular formula is C21H22ClNO5. The average Bonchev–Trinajstić information content (AvgIpc) is 2.68. The molecule has 0 saturated heterocycles. The maximum absolute atomic E-state index is 12.1. The van der Waals surface area contributed by atoms with Crippen LogP contribution in [0.3, 0.4) is 0 Å². The van der Waals surface area contributed by atoms with Gasteiger partial charge in [-0.3, -0.25) is 14.4 Å². The van der Waals surface area contributed by atoms with E-state index in [1.54, 1.807) is 42.5 Å². The van der Waals surface area contributed by atoms with Gasteiger partial charge in [0.25, 0.3) is 5.91 Å². The first-order valence-corrected chi connectivity index (χ1v) is 9.24. The molecule has 0 atom stereocenters. The minimum absolute atomic E-state index is 0.00182. The largest absolute Gasteiger partial charge is 0.494 e. The van der Waals surface area contributed by atoms with Gasteiger partial charge >= 0.3 is 5.97 Å². The maximum atomic E-state index is 12.1. The van der Waals surface area contributed by atoms with Crippen LogP contribution in [0, 0.1) is 6.92 Å². The quantitative estimate of drug-likeness (QED) is 0.501. The van der Waals surface area contributed by atoms with Gasteiger partial charge in [0.15, 0.2) is 12.4 Å². The number of halogens is 1. The Labute approximate surface area is 168 Å². The molecule has 1 amide bonds. The molecule has 0 aliphatic heterocycles. The number of ether oxygens (including phenoxy) is 2. The summed E-state index contributed by atoms with van der Waals surface area (Å²) in [5.41, 5.74) is 1.88. The van der Waals surface area contributed by atoms with Gasteiger partial charge in [-0.2, -0.15) is 0 Å². The summed E-state index contributed by atoms with van der Waals surface area (Å²) in [6, 6.07) is 11.8. The van der Waals surface area contributed by atoms with Crippen molar-refractivity contribution in [3.63, 3.8) is 0 Å². The average molecular weight is 404 g/mol. The lowest BCUT2D eigenvalue weighted by Crippen LogP contribution is -2.21. The second kappa shape index (κ2) is 10.5. The second-order valence-electron chi connectivity index (χ2n) is 6.05. The van der Waals surface area contributed by atoms with Gasteiger partial charge in [-0.25, -0.2) is 0 Å². The maximum Gasteiger partial charge on any atom is 0.306 e. The summed E-state index contributed by atoms with van der Waals surface area (Å²) in [4.78, 5) is 35.8. The molecule has 0 fully saturated rings. The minimum atomic E-state index is -0.614. The van der Waals surface area contributed by atoms with Gasteiger partial charge in [0.2, 0.25) is 0 Å². The monoisotopic (exact) mass is 403 g/mol. The molecule has 0 aliphatic rings. The summed E-state index contributed by atoms with van der Waals surface area (Å²) < 4.78 is 10.2. The van der Waals surface area contributed by atoms with Crippen molar-refractivity contribution in [2.24, 2.45) is 0 Å². The zero-order chi connectivity index (χ0) is 20.5. The predicted octanol–water partition coefficient (Wildman–Crippen LogP) is 4.19. The number of aryl methyl sites for hydroxylation is 1. The number of hydrogen-bond donors (Lipinski definition) is 1. The molecule has 0 unspecified atom stereocenters. The molecule has 2 aromatic rings. The van der Waals surface area contributed by atoms with Crippen molar-refractivity contribution in [2.75, 3.05) is 18.5 Å². The van der Waals surface area contributed by atoms with E-state index in [-0.39, 0.29) is 18.6 Å². The number of carbonyl (C=O) groups excluding carboxylic acids is 3. The highest BCUT2D eigenvalue weighted by Crippen LogP contribution is 2.20. The van der Waals surface area contributed by atoms with E-state index in [9.17, 15) is 14.4 Å². The number of amides is 1. The van der Waals surface area contributed by atoms with Crippen LogP contribution < -0.4 is 10.1 Å². The zero-order valence-corrected chi connectivity index (χ0v) is 16.5. The Bertz CT molecular complexity index is 848. The number of hydrogen-bond acceptors (Lipinski definition) is 5. The molecule has 0 aromatic heterocycles. The van der Waals surface area contributed by atoms with Crippen LogP contribution in [0.4, 0.5) is 5.69 Å². The lowest BCUT2D eigenvalue weighted by atomic mass is 10.1. The van der Waals surface area contributed by atoms with Crippen LogP contribution in [-0.2, 0) is 14.3 Å². The summed E-state index contributed by atoms with van der Waals surface area (Å²) in [7, 11) is 0. The molecule has 0 aliphatic carbocycles. The fourth-order valence-electron chi connectivity index (χ4n) is 2.40. The van der Waals surface area contributed by atoms with E-state index in [4.69, 9.17) is 21.1 Å². The molecule has 0 spiro atoms. The number of carbonyl (C=O) groups is 3. The number of esters is 1. The van der Waals surface area contributed by atoms with Gasteiger partial charge in [0.05, 0.1) is 13.0 Å². The number of nitrogens with one attached hydrogen (secondary N) is 1. The Morgan fingerprint density at radius 3 is 2.43 bits per heavy atom. The van der Waals surface area contributed by atoms with Gasteiger partial charge in [0, 0.05) is 22.7 Å². The van der Waals surface area contributed by atoms with Crippen molar-refractivity contribution < 1.29 is 23.9 Å². The minimum Gasteiger partial charge on any atom is -0.494 e. The van der Waals surface area contributed by atoms with Crippen molar-refractivity contribution in [1.29, 1.82) is 0 Å². The molecule has 7 heteroatoms. The summed E-state index contributed by atoms with van der Waals surface area (Å²) in [6.45, 7) is 3.82. The van der Waals surface area contributed by atoms with Crippen molar-refractivity contribution in [1.82, 2.24) is 0 Å². The molecule has 0 bridgehead atoms. The topological polar surface area (TPSA) is 81.7 Å². The van der Waals surface area contributed by atoms with Crippen molar-refractivity contribution in [2.45, 2.75) is 26.7 Å². The molecule has 2 aromatic carbocycles. The SMILES string of the molecule is CCOc1ccc(C(=O)CCC(=O)OCC(=O)Nc2cc(Cl)ccc2C)cc1. The smallest absolute Gasteiger partial charge is 0.306 e. The van der Waals surface area contributed by atoms with Crippen LogP contribution in [0.15, 0.2) is 42.5 Å². The third-order valence-corrected chi connectivity index (χ3v) is 4.12. The number of Topliss-reactive ketones (excluding diaryl/α,β-unsaturated/α-hetero) is 1. The van der Waals surface area contributed by atoms with Crippen LogP contribution in [0.1, 0.15) is 35.7 Å². The van der Waals surface area contributed by atoms with Crippen molar-refractivity contribution >= 4 is 34.9 Å². The summed E-state index contributed by atoms with van der Waals surface area (Å²) in [6.07, 6.45) is -0.0998. The lowest BCUT2D eigenvalue weighted by Gasteiger charge is -2.09. The molecular weight excluding hydrogens is 382 g/mol. The molecule has 0 radical (unpaired) electrons. The lowest BCUT2D eigenvalue weighted by molar-refractivity contribution is -0.147. The van der Waals surface area contributed by atoms with Crippen LogP contribution in [0.2, 0.25) is 5.02 Å². The van der Waals surface area contributed by atoms with Gasteiger partial charge in [-0.1, -0.05) is 17.7 Å². The van der Waals surface area contributed by atoms with Gasteiger partial charge in [-0.15, -0.1) is 0 Å². The molecule has 6 nitrogen and oxygen atoms in total. The molecule has 2 rings (SSSR count). The Hall–Kier alpha value is -2.86. The van der Waals surface area contributed by atoms with Crippen molar-refractivity contribution in [3.8, 4) is 5.75 Å². The van der Waals surface area contributed by atoms with Crippen LogP contribution >= 0.6 is 11.6 Å². The first-order valence-electron chi connectivity index (χ1n) is 8.86. The Morgan fingerprint density at radius 2 is 1.75 bits per heavy atom. The third-order valence-electron chi connectivity index (χ3n) is 3.88. The Morgan fingerprint density at radius 1 is 1.04 bits per heavy atom. The predicted molar refractivity (Wildman–Crippen MR) is 107 cm³/mol. The van der Waals surface area contributed by atoms with Gasteiger partial charge < -0.3 is 14.8 Å². The molecule has 148 valence electrons. The molecule has 0 saturated carbocycles. The third kappa shape index (κ3) is 6.70. The highest BCUT2D eigenvalue weighted by molar-refractivity contribution is 6.31. The van der Waals surface area contributed by atoms with Crippen LogP contribution in [0.5, 0.6) is 5.75 Å². The van der Waals surface area contributed by atoms with E-state index in [0.29, 0.717) is 28.6 Å². The van der Waals surface area contributed by atoms with E-state index in [2.05, 4.69) is 5.32 Å². The zero-order valence-electron chi connectivity index (χ0n) is 15.8. The van der Waals surface area contributed by atoms with E-state index >= 15 is 0 Å².